The zero-order valence-electron chi connectivity index (χ0n) is 18.7. The Kier molecular flexibility index (Phi) is 7.08. The molecule has 0 aliphatic heterocycles. The first-order valence-electron chi connectivity index (χ1n) is 10.7. The number of aryl methyl sites for hydroxylation is 1. The van der Waals surface area contributed by atoms with Gasteiger partial charge in [-0.3, -0.25) is 4.79 Å². The molecule has 0 amide bonds. The third-order valence-electron chi connectivity index (χ3n) is 5.17. The number of anilines is 1. The molecule has 0 atom stereocenters. The molecule has 4 rings (SSSR count). The predicted molar refractivity (Wildman–Crippen MR) is 130 cm³/mol. The molecule has 0 spiro atoms. The number of esters is 1. The van der Waals surface area contributed by atoms with E-state index in [0.717, 1.165) is 15.9 Å². The molecule has 174 valence electrons. The first-order chi connectivity index (χ1) is 16.5. The number of nitrogens with zero attached hydrogens (tertiary/aromatic N) is 3. The fraction of sp³-hybridized carbons (Fsp3) is 0.200. The maximum Gasteiger partial charge on any atom is 0.346 e. The summed E-state index contributed by atoms with van der Waals surface area (Å²) in [6, 6.07) is 16.6. The van der Waals surface area contributed by atoms with E-state index in [1.165, 1.54) is 6.33 Å². The SMILES string of the molecule is CCOC(=O)c1c(NCc2ccc(Cl)cc2)c2c(C)ncnc2n(OCc2ccccc2)c1=O. The van der Waals surface area contributed by atoms with Crippen molar-refractivity contribution < 1.29 is 14.4 Å². The van der Waals surface area contributed by atoms with Crippen LogP contribution >= 0.6 is 11.6 Å². The van der Waals surface area contributed by atoms with Gasteiger partial charge < -0.3 is 14.9 Å². The second-order valence-electron chi connectivity index (χ2n) is 7.47. The van der Waals surface area contributed by atoms with Gasteiger partial charge in [-0.2, -0.15) is 0 Å². The van der Waals surface area contributed by atoms with Crippen LogP contribution in [0.3, 0.4) is 0 Å². The van der Waals surface area contributed by atoms with Crippen LogP contribution in [0.2, 0.25) is 5.02 Å². The molecule has 0 aliphatic carbocycles. The highest BCUT2D eigenvalue weighted by atomic mass is 35.5. The van der Waals surface area contributed by atoms with Crippen LogP contribution in [0.1, 0.15) is 34.1 Å². The van der Waals surface area contributed by atoms with Gasteiger partial charge in [0.2, 0.25) is 0 Å². The smallest absolute Gasteiger partial charge is 0.346 e. The maximum atomic E-state index is 13.5. The number of fused-ring (bicyclic) bond motifs is 1. The highest BCUT2D eigenvalue weighted by molar-refractivity contribution is 6.30. The van der Waals surface area contributed by atoms with Gasteiger partial charge in [-0.25, -0.2) is 14.8 Å². The van der Waals surface area contributed by atoms with Crippen molar-refractivity contribution in [3.8, 4) is 0 Å². The lowest BCUT2D eigenvalue weighted by Gasteiger charge is -2.18. The van der Waals surface area contributed by atoms with E-state index in [-0.39, 0.29) is 24.4 Å². The normalized spacial score (nSPS) is 10.8. The van der Waals surface area contributed by atoms with Crippen molar-refractivity contribution in [2.75, 3.05) is 11.9 Å². The topological polar surface area (TPSA) is 95.3 Å². The van der Waals surface area contributed by atoms with E-state index >= 15 is 0 Å². The lowest BCUT2D eigenvalue weighted by molar-refractivity contribution is 0.0513. The summed E-state index contributed by atoms with van der Waals surface area (Å²) < 4.78 is 6.26. The number of ether oxygens (including phenoxy) is 1. The zero-order valence-corrected chi connectivity index (χ0v) is 19.5. The number of nitrogens with one attached hydrogen (secondary N) is 1. The van der Waals surface area contributed by atoms with E-state index < -0.39 is 11.5 Å². The summed E-state index contributed by atoms with van der Waals surface area (Å²) in [5.41, 5.74) is 2.05. The van der Waals surface area contributed by atoms with E-state index in [2.05, 4.69) is 15.3 Å². The van der Waals surface area contributed by atoms with Gasteiger partial charge in [-0.15, -0.1) is 4.73 Å². The molecule has 2 aromatic carbocycles. The molecular formula is C25H23ClN4O4. The quantitative estimate of drug-likeness (QED) is 0.380. The molecule has 1 N–H and O–H groups in total. The number of rotatable bonds is 8. The molecule has 0 saturated heterocycles. The summed E-state index contributed by atoms with van der Waals surface area (Å²) in [6.45, 7) is 4.01. The van der Waals surface area contributed by atoms with Crippen molar-refractivity contribution >= 4 is 34.3 Å². The Labute approximate surface area is 201 Å². The van der Waals surface area contributed by atoms with Gasteiger partial charge in [0.25, 0.3) is 0 Å². The summed E-state index contributed by atoms with van der Waals surface area (Å²) >= 11 is 5.99. The van der Waals surface area contributed by atoms with Gasteiger partial charge >= 0.3 is 11.5 Å². The number of carbonyl (C=O) groups excluding carboxylic acids is 1. The molecule has 4 aromatic rings. The Hall–Kier alpha value is -3.91. The highest BCUT2D eigenvalue weighted by Crippen LogP contribution is 2.27. The summed E-state index contributed by atoms with van der Waals surface area (Å²) in [7, 11) is 0. The molecule has 0 unspecified atom stereocenters. The average molecular weight is 479 g/mol. The third-order valence-corrected chi connectivity index (χ3v) is 5.42. The van der Waals surface area contributed by atoms with Crippen LogP contribution in [0.5, 0.6) is 0 Å². The molecule has 0 aliphatic rings. The first-order valence-corrected chi connectivity index (χ1v) is 11.1. The minimum atomic E-state index is -0.756. The number of pyridine rings is 1. The number of aromatic nitrogens is 3. The van der Waals surface area contributed by atoms with Crippen molar-refractivity contribution in [2.45, 2.75) is 27.0 Å². The van der Waals surface area contributed by atoms with Crippen LogP contribution in [-0.2, 0) is 17.9 Å². The molecule has 0 saturated carbocycles. The van der Waals surface area contributed by atoms with E-state index in [1.54, 1.807) is 26.0 Å². The standard InChI is InChI=1S/C25H23ClN4O4/c1-3-33-25(32)21-22(27-13-17-9-11-19(26)12-10-17)20-16(2)28-15-29-23(20)30(24(21)31)34-14-18-7-5-4-6-8-18/h4-12,15,27H,3,13-14H2,1-2H3. The molecular weight excluding hydrogens is 456 g/mol. The van der Waals surface area contributed by atoms with Gasteiger partial charge in [0, 0.05) is 11.6 Å². The number of hydrogen-bond donors (Lipinski definition) is 1. The van der Waals surface area contributed by atoms with Crippen LogP contribution in [0.15, 0.2) is 65.7 Å². The molecule has 2 heterocycles. The van der Waals surface area contributed by atoms with Gasteiger partial charge in [0.05, 0.1) is 23.4 Å². The van der Waals surface area contributed by atoms with Gasteiger partial charge in [0.1, 0.15) is 12.9 Å². The third kappa shape index (κ3) is 4.87. The van der Waals surface area contributed by atoms with E-state index in [9.17, 15) is 9.59 Å². The summed E-state index contributed by atoms with van der Waals surface area (Å²) in [6.07, 6.45) is 1.35. The van der Waals surface area contributed by atoms with Gasteiger partial charge in [0.15, 0.2) is 11.2 Å². The largest absolute Gasteiger partial charge is 0.462 e. The zero-order chi connectivity index (χ0) is 24.1. The van der Waals surface area contributed by atoms with E-state index in [4.69, 9.17) is 21.2 Å². The molecule has 0 bridgehead atoms. The van der Waals surface area contributed by atoms with Crippen molar-refractivity contribution in [3.63, 3.8) is 0 Å². The van der Waals surface area contributed by atoms with Crippen molar-refractivity contribution in [3.05, 3.63) is 98.7 Å². The number of benzene rings is 2. The van der Waals surface area contributed by atoms with Crippen molar-refractivity contribution in [1.82, 2.24) is 14.7 Å². The number of halogens is 1. The summed E-state index contributed by atoms with van der Waals surface area (Å²) in [4.78, 5) is 40.9. The van der Waals surface area contributed by atoms with Crippen LogP contribution in [0.25, 0.3) is 11.0 Å². The minimum Gasteiger partial charge on any atom is -0.462 e. The molecule has 8 nitrogen and oxygen atoms in total. The highest BCUT2D eigenvalue weighted by Gasteiger charge is 2.26. The lowest BCUT2D eigenvalue weighted by atomic mass is 10.1. The van der Waals surface area contributed by atoms with Crippen LogP contribution in [0, 0.1) is 6.92 Å². The Morgan fingerprint density at radius 3 is 2.50 bits per heavy atom. The molecule has 0 fully saturated rings. The Morgan fingerprint density at radius 1 is 1.06 bits per heavy atom. The first kappa shape index (κ1) is 23.3. The second kappa shape index (κ2) is 10.4. The molecule has 0 radical (unpaired) electrons. The van der Waals surface area contributed by atoms with Crippen molar-refractivity contribution in [2.24, 2.45) is 0 Å². The van der Waals surface area contributed by atoms with Crippen LogP contribution in [-0.4, -0.2) is 27.3 Å². The fourth-order valence-electron chi connectivity index (χ4n) is 3.53. The average Bonchev–Trinajstić information content (AvgIpc) is 2.84. The summed E-state index contributed by atoms with van der Waals surface area (Å²) in [5.74, 6) is -0.756. The Bertz CT molecular complexity index is 1370. The maximum absolute atomic E-state index is 13.5. The van der Waals surface area contributed by atoms with Crippen LogP contribution < -0.4 is 15.7 Å². The van der Waals surface area contributed by atoms with Gasteiger partial charge in [-0.1, -0.05) is 54.1 Å². The van der Waals surface area contributed by atoms with Crippen LogP contribution in [0.4, 0.5) is 5.69 Å². The monoisotopic (exact) mass is 478 g/mol. The number of carbonyl (C=O) groups is 1. The second-order valence-corrected chi connectivity index (χ2v) is 7.90. The molecule has 2 aromatic heterocycles. The van der Waals surface area contributed by atoms with E-state index in [1.807, 2.05) is 42.5 Å². The lowest BCUT2D eigenvalue weighted by Crippen LogP contribution is -2.34. The Morgan fingerprint density at radius 2 is 1.79 bits per heavy atom. The Balaban J connectivity index is 1.85. The van der Waals surface area contributed by atoms with Gasteiger partial charge in [-0.05, 0) is 37.1 Å². The minimum absolute atomic E-state index is 0.110. The number of hydrogen-bond acceptors (Lipinski definition) is 7. The van der Waals surface area contributed by atoms with E-state index in [0.29, 0.717) is 28.3 Å². The fourth-order valence-corrected chi connectivity index (χ4v) is 3.66. The summed E-state index contributed by atoms with van der Waals surface area (Å²) in [5, 5.41) is 4.33. The predicted octanol–water partition coefficient (Wildman–Crippen LogP) is 4.17. The molecule has 9 heteroatoms. The van der Waals surface area contributed by atoms with Crippen molar-refractivity contribution in [1.29, 1.82) is 0 Å². The molecule has 34 heavy (non-hydrogen) atoms.